The molecule has 0 radical (unpaired) electrons. The van der Waals surface area contributed by atoms with Gasteiger partial charge >= 0.3 is 29.8 Å². The maximum absolute atomic E-state index is 11.8. The van der Waals surface area contributed by atoms with Crippen molar-refractivity contribution in [2.24, 2.45) is 17.2 Å². The average molecular weight is 650 g/mol. The van der Waals surface area contributed by atoms with Gasteiger partial charge in [-0.2, -0.15) is 0 Å². The third kappa shape index (κ3) is 16.3. The van der Waals surface area contributed by atoms with E-state index in [1.165, 1.54) is 0 Å². The van der Waals surface area contributed by atoms with Crippen LogP contribution in [-0.2, 0) is 33.4 Å². The summed E-state index contributed by atoms with van der Waals surface area (Å²) in [6.07, 6.45) is -17.1. The Balaban J connectivity index is 0. The van der Waals surface area contributed by atoms with E-state index in [4.69, 9.17) is 42.7 Å². The molecule has 0 aliphatic rings. The molecule has 0 bridgehead atoms. The van der Waals surface area contributed by atoms with Crippen molar-refractivity contribution in [2.45, 2.75) is 93.0 Å². The van der Waals surface area contributed by atoms with Crippen LogP contribution in [0, 0.1) is 0 Å². The summed E-state index contributed by atoms with van der Waals surface area (Å²) in [5.74, 6) is -7.34. The minimum absolute atomic E-state index is 0.520. The lowest BCUT2D eigenvalue weighted by molar-refractivity contribution is -0.177. The standard InChI is InChI=1S/C17H29NO16.C6H14N2O2/c18-5(15(30)34-17(32)14(29)12(27)10(25)7(22)4-20)1-2-8(23)33-16(31)13(28)11(26)9(24)6(21)3-19;7-4-2-1-3-5(8)6(9)10/h5-7,9-14,19-22,24-29H,1-4,18H2;5H,1-4,7-8H2,(H,9,10)/t5-,6+,7+,9+,10+,11-,12-,13+,14+;5-/m00/s1. The Morgan fingerprint density at radius 1 is 0.591 bits per heavy atom. The Labute approximate surface area is 250 Å². The lowest BCUT2D eigenvalue weighted by atomic mass is 10.0. The molecule has 0 aromatic carbocycles. The number of hydrogen-bond donors (Lipinski definition) is 14. The lowest BCUT2D eigenvalue weighted by Crippen LogP contribution is -2.50. The summed E-state index contributed by atoms with van der Waals surface area (Å²) in [7, 11) is 0. The minimum Gasteiger partial charge on any atom is -0.480 e. The van der Waals surface area contributed by atoms with Crippen LogP contribution in [0.5, 0.6) is 0 Å². The molecule has 0 aromatic heterocycles. The fourth-order valence-electron chi connectivity index (χ4n) is 2.81. The average Bonchev–Trinajstić information content (AvgIpc) is 3.00. The van der Waals surface area contributed by atoms with Gasteiger partial charge in [0, 0.05) is 6.42 Å². The monoisotopic (exact) mass is 649 g/mol. The van der Waals surface area contributed by atoms with E-state index < -0.39 is 117 Å². The molecule has 10 atom stereocenters. The predicted octanol–water partition coefficient (Wildman–Crippen LogP) is -8.37. The van der Waals surface area contributed by atoms with Crippen molar-refractivity contribution in [3.05, 3.63) is 0 Å². The van der Waals surface area contributed by atoms with Crippen LogP contribution in [0.4, 0.5) is 0 Å². The molecule has 0 saturated heterocycles. The van der Waals surface area contributed by atoms with E-state index in [0.717, 1.165) is 12.8 Å². The largest absolute Gasteiger partial charge is 0.480 e. The summed E-state index contributed by atoms with van der Waals surface area (Å²) in [4.78, 5) is 56.8. The maximum atomic E-state index is 11.8. The van der Waals surface area contributed by atoms with E-state index in [0.29, 0.717) is 13.0 Å². The Hall–Kier alpha value is -2.77. The molecule has 0 heterocycles. The molecule has 21 nitrogen and oxygen atoms in total. The van der Waals surface area contributed by atoms with E-state index in [-0.39, 0.29) is 0 Å². The van der Waals surface area contributed by atoms with E-state index in [9.17, 15) is 54.6 Å². The van der Waals surface area contributed by atoms with Crippen LogP contribution >= 0.6 is 0 Å². The van der Waals surface area contributed by atoms with Crippen molar-refractivity contribution in [2.75, 3.05) is 19.8 Å². The zero-order valence-electron chi connectivity index (χ0n) is 23.4. The molecule has 0 aromatic rings. The zero-order valence-corrected chi connectivity index (χ0v) is 23.4. The van der Waals surface area contributed by atoms with Gasteiger partial charge in [0.05, 0.1) is 13.2 Å². The Morgan fingerprint density at radius 2 is 1.02 bits per heavy atom. The van der Waals surface area contributed by atoms with Gasteiger partial charge in [0.2, 0.25) is 0 Å². The number of aliphatic hydroxyl groups excluding tert-OH is 10. The topological polar surface area (TPSA) is 404 Å². The number of aliphatic hydroxyl groups is 10. The van der Waals surface area contributed by atoms with Gasteiger partial charge in [0.15, 0.2) is 12.2 Å². The number of carbonyl (C=O) groups is 5. The third-order valence-electron chi connectivity index (χ3n) is 5.66. The molecule has 0 spiro atoms. The number of carboxylic acids is 1. The fourth-order valence-corrected chi connectivity index (χ4v) is 2.81. The summed E-state index contributed by atoms with van der Waals surface area (Å²) in [6.45, 7) is -1.44. The fraction of sp³-hybridized carbons (Fsp3) is 0.783. The molecule has 0 rings (SSSR count). The smallest absolute Gasteiger partial charge is 0.345 e. The van der Waals surface area contributed by atoms with E-state index >= 15 is 0 Å². The number of nitrogens with two attached hydrogens (primary N) is 3. The maximum Gasteiger partial charge on any atom is 0.345 e. The van der Waals surface area contributed by atoms with E-state index in [1.807, 2.05) is 0 Å². The van der Waals surface area contributed by atoms with Gasteiger partial charge in [-0.25, -0.2) is 14.4 Å². The molecule has 0 amide bonds. The highest BCUT2D eigenvalue weighted by molar-refractivity contribution is 5.91. The van der Waals surface area contributed by atoms with Crippen LogP contribution in [0.3, 0.4) is 0 Å². The molecular formula is C23H43N3O18. The number of unbranched alkanes of at least 4 members (excludes halogenated alkanes) is 1. The summed E-state index contributed by atoms with van der Waals surface area (Å²) in [6, 6.07) is -2.42. The second kappa shape index (κ2) is 22.7. The lowest BCUT2D eigenvalue weighted by Gasteiger charge is -2.24. The summed E-state index contributed by atoms with van der Waals surface area (Å²) in [5, 5.41) is 101. The number of esters is 4. The first-order valence-corrected chi connectivity index (χ1v) is 13.0. The third-order valence-corrected chi connectivity index (χ3v) is 5.66. The number of hydrogen-bond acceptors (Lipinski definition) is 20. The van der Waals surface area contributed by atoms with Gasteiger partial charge in [0.25, 0.3) is 0 Å². The number of carbonyl (C=O) groups excluding carboxylic acids is 4. The minimum atomic E-state index is -2.53. The Bertz CT molecular complexity index is 894. The van der Waals surface area contributed by atoms with Crippen LogP contribution in [0.15, 0.2) is 0 Å². The van der Waals surface area contributed by atoms with Crippen molar-refractivity contribution in [3.8, 4) is 0 Å². The highest BCUT2D eigenvalue weighted by Crippen LogP contribution is 2.10. The summed E-state index contributed by atoms with van der Waals surface area (Å²) < 4.78 is 8.34. The molecule has 0 aliphatic carbocycles. The molecule has 0 unspecified atom stereocenters. The predicted molar refractivity (Wildman–Crippen MR) is 140 cm³/mol. The molecule has 0 saturated carbocycles. The van der Waals surface area contributed by atoms with Gasteiger partial charge < -0.3 is 82.8 Å². The highest BCUT2D eigenvalue weighted by atomic mass is 16.6. The van der Waals surface area contributed by atoms with Crippen molar-refractivity contribution < 1.29 is 89.6 Å². The molecule has 21 heteroatoms. The SMILES string of the molecule is NCCCC[C@H](N)C(=O)O.N[C@@H](CCC(=O)OC(=O)[C@H](O)[C@@H](O)[C@H](O)[C@H](O)CO)C(=O)OC(=O)[C@H](O)[C@@H](O)[C@H](O)[C@H](O)CO. The van der Waals surface area contributed by atoms with Crippen molar-refractivity contribution in [1.29, 1.82) is 0 Å². The van der Waals surface area contributed by atoms with Gasteiger partial charge in [-0.15, -0.1) is 0 Å². The first-order chi connectivity index (χ1) is 20.4. The zero-order chi connectivity index (χ0) is 34.7. The highest BCUT2D eigenvalue weighted by Gasteiger charge is 2.38. The molecule has 44 heavy (non-hydrogen) atoms. The Kier molecular flexibility index (Phi) is 22.4. The molecule has 0 aliphatic heterocycles. The summed E-state index contributed by atoms with van der Waals surface area (Å²) >= 11 is 0. The van der Waals surface area contributed by atoms with Crippen LogP contribution in [0.2, 0.25) is 0 Å². The van der Waals surface area contributed by atoms with Crippen LogP contribution in [0.25, 0.3) is 0 Å². The number of aliphatic carboxylic acids is 1. The van der Waals surface area contributed by atoms with Gasteiger partial charge in [-0.3, -0.25) is 9.59 Å². The number of rotatable bonds is 19. The number of ether oxygens (including phenoxy) is 2. The van der Waals surface area contributed by atoms with Crippen LogP contribution in [0.1, 0.15) is 32.1 Å². The van der Waals surface area contributed by atoms with E-state index in [1.54, 1.807) is 0 Å². The molecular weight excluding hydrogens is 606 g/mol. The second-order valence-electron chi connectivity index (χ2n) is 9.26. The molecule has 17 N–H and O–H groups in total. The van der Waals surface area contributed by atoms with Gasteiger partial charge in [-0.05, 0) is 25.8 Å². The van der Waals surface area contributed by atoms with Gasteiger partial charge in [-0.1, -0.05) is 6.42 Å². The summed E-state index contributed by atoms with van der Waals surface area (Å²) in [5.41, 5.74) is 15.8. The van der Waals surface area contributed by atoms with E-state index in [2.05, 4.69) is 9.47 Å². The van der Waals surface area contributed by atoms with Crippen molar-refractivity contribution in [3.63, 3.8) is 0 Å². The molecule has 258 valence electrons. The van der Waals surface area contributed by atoms with Crippen LogP contribution < -0.4 is 17.2 Å². The van der Waals surface area contributed by atoms with Gasteiger partial charge in [0.1, 0.15) is 48.7 Å². The van der Waals surface area contributed by atoms with Crippen molar-refractivity contribution in [1.82, 2.24) is 0 Å². The Morgan fingerprint density at radius 3 is 1.41 bits per heavy atom. The molecule has 0 fully saturated rings. The van der Waals surface area contributed by atoms with Crippen molar-refractivity contribution >= 4 is 29.8 Å². The normalized spacial score (nSPS) is 18.0. The first-order valence-electron chi connectivity index (χ1n) is 13.0. The quantitative estimate of drug-likeness (QED) is 0.0351. The second-order valence-corrected chi connectivity index (χ2v) is 9.26. The first kappa shape index (κ1) is 43.4. The van der Waals surface area contributed by atoms with Crippen LogP contribution in [-0.4, -0.2) is 167 Å². The number of carboxylic acid groups (broad SMARTS) is 1.